The Balaban J connectivity index is 2.99. The van der Waals surface area contributed by atoms with Crippen LogP contribution in [0.5, 0.6) is 0 Å². The summed E-state index contributed by atoms with van der Waals surface area (Å²) in [5.41, 5.74) is 0. The van der Waals surface area contributed by atoms with Gasteiger partial charge in [-0.1, -0.05) is 0 Å². The van der Waals surface area contributed by atoms with E-state index < -0.39 is 8.38 Å². The van der Waals surface area contributed by atoms with Crippen molar-refractivity contribution in [3.05, 3.63) is 0 Å². The molecule has 1 unspecified atom stereocenters. The van der Waals surface area contributed by atoms with Gasteiger partial charge >= 0.3 is 0 Å². The number of hydrogen-bond donors (Lipinski definition) is 2. The Hall–Kier alpha value is -0.200. The molecule has 9 heavy (non-hydrogen) atoms. The molecule has 0 aliphatic heterocycles. The van der Waals surface area contributed by atoms with Crippen LogP contribution in [0.4, 0.5) is 0 Å². The maximum absolute atomic E-state index is 8.57. The number of hydrogen-bond acceptors (Lipinski definition) is 4. The van der Waals surface area contributed by atoms with Crippen molar-refractivity contribution < 1.29 is 14.5 Å². The molecule has 4 nitrogen and oxygen atoms in total. The summed E-state index contributed by atoms with van der Waals surface area (Å²) >= 11 is 0. The van der Waals surface area contributed by atoms with Crippen molar-refractivity contribution in [3.63, 3.8) is 0 Å². The fourth-order valence-corrected chi connectivity index (χ4v) is 0.621. The third kappa shape index (κ3) is 5.67. The highest BCUT2D eigenvalue weighted by Gasteiger charge is 1.99. The third-order valence-electron chi connectivity index (χ3n) is 0.575. The van der Waals surface area contributed by atoms with Gasteiger partial charge in [0.1, 0.15) is 6.35 Å². The van der Waals surface area contributed by atoms with Crippen LogP contribution < -0.4 is 0 Å². The topological polar surface area (TPSA) is 73.5 Å². The lowest BCUT2D eigenvalue weighted by Crippen LogP contribution is -1.89. The maximum Gasteiger partial charge on any atom is 0.195 e. The molecule has 0 aromatic heterocycles. The predicted octanol–water partition coefficient (Wildman–Crippen LogP) is 0.171. The molecule has 1 atom stereocenters. The second-order valence-corrected chi connectivity index (χ2v) is 2.48. The van der Waals surface area contributed by atoms with Gasteiger partial charge < -0.3 is 14.5 Å². The first kappa shape index (κ1) is 8.80. The standard InChI is InChI=1S/C4H8NO3P/c5-2-1-3-8-9(7)4-6/h6-7H,1,3-4H2. The van der Waals surface area contributed by atoms with Gasteiger partial charge in [0.2, 0.25) is 0 Å². The van der Waals surface area contributed by atoms with E-state index in [9.17, 15) is 0 Å². The van der Waals surface area contributed by atoms with Gasteiger partial charge in [-0.05, 0) is 0 Å². The Morgan fingerprint density at radius 3 is 2.78 bits per heavy atom. The summed E-state index contributed by atoms with van der Waals surface area (Å²) in [6.45, 7) is 0.194. The predicted molar refractivity (Wildman–Crippen MR) is 32.4 cm³/mol. The zero-order valence-electron chi connectivity index (χ0n) is 4.82. The van der Waals surface area contributed by atoms with Gasteiger partial charge in [0.25, 0.3) is 0 Å². The van der Waals surface area contributed by atoms with Crippen LogP contribution >= 0.6 is 8.38 Å². The lowest BCUT2D eigenvalue weighted by Gasteiger charge is -2.03. The Morgan fingerprint density at radius 2 is 2.33 bits per heavy atom. The second-order valence-electron chi connectivity index (χ2n) is 1.23. The summed E-state index contributed by atoms with van der Waals surface area (Å²) in [4.78, 5) is 8.57. The van der Waals surface area contributed by atoms with Crippen molar-refractivity contribution in [3.8, 4) is 6.07 Å². The number of nitriles is 1. The molecule has 0 amide bonds. The number of nitrogens with zero attached hydrogens (tertiary/aromatic N) is 1. The van der Waals surface area contributed by atoms with Gasteiger partial charge in [-0.3, -0.25) is 0 Å². The number of aliphatic hydroxyl groups excluding tert-OH is 1. The molecule has 0 bridgehead atoms. The van der Waals surface area contributed by atoms with Crippen LogP contribution in [-0.2, 0) is 4.52 Å². The highest BCUT2D eigenvalue weighted by atomic mass is 31.2. The number of rotatable bonds is 4. The molecule has 0 fully saturated rings. The molecule has 0 aliphatic carbocycles. The van der Waals surface area contributed by atoms with Crippen molar-refractivity contribution in [2.24, 2.45) is 0 Å². The van der Waals surface area contributed by atoms with E-state index in [1.807, 2.05) is 6.07 Å². The summed E-state index contributed by atoms with van der Waals surface area (Å²) < 4.78 is 4.58. The Morgan fingerprint density at radius 1 is 1.67 bits per heavy atom. The smallest absolute Gasteiger partial charge is 0.195 e. The van der Waals surface area contributed by atoms with E-state index in [1.54, 1.807) is 0 Å². The maximum atomic E-state index is 8.57. The van der Waals surface area contributed by atoms with Gasteiger partial charge in [0, 0.05) is 0 Å². The van der Waals surface area contributed by atoms with E-state index in [-0.39, 0.29) is 19.4 Å². The minimum absolute atomic E-state index is 0.194. The molecule has 2 N–H and O–H groups in total. The molecule has 0 heterocycles. The minimum Gasteiger partial charge on any atom is -0.387 e. The van der Waals surface area contributed by atoms with Crippen LogP contribution in [0.2, 0.25) is 0 Å². The van der Waals surface area contributed by atoms with E-state index in [1.165, 1.54) is 0 Å². The summed E-state index contributed by atoms with van der Waals surface area (Å²) in [6.07, 6.45) is -0.111. The summed E-state index contributed by atoms with van der Waals surface area (Å²) in [5, 5.41) is 16.2. The van der Waals surface area contributed by atoms with Gasteiger partial charge in [-0.15, -0.1) is 0 Å². The lowest BCUT2D eigenvalue weighted by molar-refractivity contribution is 0.274. The molecule has 0 aromatic carbocycles. The monoisotopic (exact) mass is 149 g/mol. The Labute approximate surface area is 54.6 Å². The van der Waals surface area contributed by atoms with Crippen LogP contribution in [-0.4, -0.2) is 23.0 Å². The largest absolute Gasteiger partial charge is 0.387 e. The molecule has 0 rings (SSSR count). The summed E-state index contributed by atoms with van der Waals surface area (Å²) in [5.74, 6) is 0. The molecule has 5 heteroatoms. The molecule has 0 saturated heterocycles. The molecule has 0 aliphatic rings. The van der Waals surface area contributed by atoms with Gasteiger partial charge in [0.15, 0.2) is 8.38 Å². The van der Waals surface area contributed by atoms with Crippen molar-refractivity contribution in [2.45, 2.75) is 6.42 Å². The van der Waals surface area contributed by atoms with Crippen molar-refractivity contribution in [1.29, 1.82) is 5.26 Å². The fraction of sp³-hybridized carbons (Fsp3) is 0.750. The van der Waals surface area contributed by atoms with Crippen molar-refractivity contribution >= 4 is 8.38 Å². The molecule has 0 aromatic rings. The average Bonchev–Trinajstić information content (AvgIpc) is 1.89. The lowest BCUT2D eigenvalue weighted by atomic mass is 10.5. The van der Waals surface area contributed by atoms with Crippen molar-refractivity contribution in [1.82, 2.24) is 0 Å². The summed E-state index contributed by atoms with van der Waals surface area (Å²) in [7, 11) is -1.69. The highest BCUT2D eigenvalue weighted by molar-refractivity contribution is 7.45. The van der Waals surface area contributed by atoms with Crippen LogP contribution in [0.15, 0.2) is 0 Å². The quantitative estimate of drug-likeness (QED) is 0.441. The first-order valence-corrected chi connectivity index (χ1v) is 3.78. The first-order valence-electron chi connectivity index (χ1n) is 2.38. The van der Waals surface area contributed by atoms with Crippen molar-refractivity contribution in [2.75, 3.05) is 13.0 Å². The van der Waals surface area contributed by atoms with Gasteiger partial charge in [0.05, 0.1) is 19.1 Å². The normalized spacial score (nSPS) is 12.6. The highest BCUT2D eigenvalue weighted by Crippen LogP contribution is 2.28. The van der Waals surface area contributed by atoms with E-state index in [0.29, 0.717) is 0 Å². The van der Waals surface area contributed by atoms with E-state index in [0.717, 1.165) is 0 Å². The molecular weight excluding hydrogens is 141 g/mol. The van der Waals surface area contributed by atoms with Gasteiger partial charge in [-0.25, -0.2) is 0 Å². The molecule has 52 valence electrons. The Bertz CT molecular complexity index is 102. The van der Waals surface area contributed by atoms with E-state index in [2.05, 4.69) is 4.52 Å². The zero-order chi connectivity index (χ0) is 7.11. The van der Waals surface area contributed by atoms with E-state index >= 15 is 0 Å². The Kier molecular flexibility index (Phi) is 5.80. The van der Waals surface area contributed by atoms with Crippen LogP contribution in [0.1, 0.15) is 6.42 Å². The van der Waals surface area contributed by atoms with Crippen LogP contribution in [0.25, 0.3) is 0 Å². The summed E-state index contributed by atoms with van der Waals surface area (Å²) in [6, 6.07) is 1.84. The third-order valence-corrected chi connectivity index (χ3v) is 1.30. The minimum atomic E-state index is -1.69. The SMILES string of the molecule is N#CCCOP(O)CO. The molecule has 0 saturated carbocycles. The molecular formula is C4H8NO3P. The molecule has 0 spiro atoms. The number of aliphatic hydroxyl groups is 1. The van der Waals surface area contributed by atoms with E-state index in [4.69, 9.17) is 15.3 Å². The second kappa shape index (κ2) is 5.93. The molecule has 0 radical (unpaired) electrons. The first-order chi connectivity index (χ1) is 4.31. The van der Waals surface area contributed by atoms with Crippen LogP contribution in [0, 0.1) is 11.3 Å². The average molecular weight is 149 g/mol. The van der Waals surface area contributed by atoms with Gasteiger partial charge in [-0.2, -0.15) is 5.26 Å². The van der Waals surface area contributed by atoms with Crippen LogP contribution in [0.3, 0.4) is 0 Å². The fourth-order valence-electron chi connectivity index (χ4n) is 0.237. The zero-order valence-corrected chi connectivity index (χ0v) is 5.71.